The van der Waals surface area contributed by atoms with E-state index in [4.69, 9.17) is 4.74 Å². The van der Waals surface area contributed by atoms with Crippen LogP contribution >= 0.6 is 0 Å². The number of carbonyl (C=O) groups excluding carboxylic acids is 1. The van der Waals surface area contributed by atoms with Gasteiger partial charge in [-0.2, -0.15) is 5.10 Å². The monoisotopic (exact) mass is 454 g/mol. The first-order valence-corrected chi connectivity index (χ1v) is 11.1. The molecule has 2 atom stereocenters. The van der Waals surface area contributed by atoms with Crippen molar-refractivity contribution < 1.29 is 18.3 Å². The normalized spacial score (nSPS) is 17.4. The Morgan fingerprint density at radius 1 is 1.18 bits per heavy atom. The predicted octanol–water partition coefficient (Wildman–Crippen LogP) is 4.68. The first kappa shape index (κ1) is 22.8. The van der Waals surface area contributed by atoms with Crippen LogP contribution in [0.1, 0.15) is 47.7 Å². The minimum absolute atomic E-state index is 0.0515. The summed E-state index contributed by atoms with van der Waals surface area (Å²) >= 11 is 0. The third-order valence-electron chi connectivity index (χ3n) is 6.05. The summed E-state index contributed by atoms with van der Waals surface area (Å²) in [6.07, 6.45) is 0.143. The van der Waals surface area contributed by atoms with E-state index < -0.39 is 12.5 Å². The third kappa shape index (κ3) is 5.16. The lowest BCUT2D eigenvalue weighted by atomic mass is 9.95. The molecule has 0 saturated carbocycles. The van der Waals surface area contributed by atoms with Crippen LogP contribution in [-0.4, -0.2) is 29.2 Å². The average molecular weight is 455 g/mol. The number of methoxy groups -OCH3 is 1. The van der Waals surface area contributed by atoms with Crippen molar-refractivity contribution in [1.29, 1.82) is 0 Å². The van der Waals surface area contributed by atoms with Crippen molar-refractivity contribution in [3.8, 4) is 5.75 Å². The first-order chi connectivity index (χ1) is 16.0. The second-order valence-corrected chi connectivity index (χ2v) is 8.19. The van der Waals surface area contributed by atoms with Crippen LogP contribution in [0.15, 0.2) is 54.7 Å². The molecule has 1 aromatic heterocycles. The molecule has 2 heterocycles. The average Bonchev–Trinajstić information content (AvgIpc) is 3.24. The number of benzene rings is 2. The molecule has 8 heteroatoms. The quantitative estimate of drug-likeness (QED) is 0.519. The van der Waals surface area contributed by atoms with Gasteiger partial charge in [0, 0.05) is 12.1 Å². The highest BCUT2D eigenvalue weighted by molar-refractivity contribution is 5.80. The molecule has 2 N–H and O–H groups in total. The Bertz CT molecular complexity index is 1080. The Balaban J connectivity index is 1.47. The van der Waals surface area contributed by atoms with E-state index in [-0.39, 0.29) is 24.8 Å². The van der Waals surface area contributed by atoms with Gasteiger partial charge in [0.1, 0.15) is 17.6 Å². The lowest BCUT2D eigenvalue weighted by Crippen LogP contribution is -2.31. The van der Waals surface area contributed by atoms with Gasteiger partial charge in [-0.05, 0) is 41.7 Å². The molecular weight excluding hydrogens is 426 g/mol. The molecule has 1 aliphatic rings. The van der Waals surface area contributed by atoms with Crippen molar-refractivity contribution in [2.45, 2.75) is 51.2 Å². The minimum atomic E-state index is -2.56. The van der Waals surface area contributed by atoms with Gasteiger partial charge in [-0.1, -0.05) is 43.3 Å². The van der Waals surface area contributed by atoms with Gasteiger partial charge in [-0.15, -0.1) is 0 Å². The fourth-order valence-electron chi connectivity index (χ4n) is 4.10. The van der Waals surface area contributed by atoms with Gasteiger partial charge in [0.2, 0.25) is 5.91 Å². The SMILES string of the molecule is CCc1ccc([C@H]2C[C@@H](C(F)F)n3ncc(CC(=O)NCc4ccc(OC)cc4)c3N2)cc1. The largest absolute Gasteiger partial charge is 0.497 e. The Morgan fingerprint density at radius 3 is 2.52 bits per heavy atom. The summed E-state index contributed by atoms with van der Waals surface area (Å²) in [5.41, 5.74) is 3.68. The molecule has 0 aliphatic carbocycles. The van der Waals surface area contributed by atoms with Gasteiger partial charge in [0.25, 0.3) is 6.43 Å². The molecule has 0 fully saturated rings. The molecule has 1 amide bonds. The van der Waals surface area contributed by atoms with Crippen LogP contribution < -0.4 is 15.4 Å². The Kier molecular flexibility index (Phi) is 6.91. The van der Waals surface area contributed by atoms with E-state index in [0.717, 1.165) is 23.3 Å². The minimum Gasteiger partial charge on any atom is -0.497 e. The molecule has 174 valence electrons. The molecule has 0 spiro atoms. The molecule has 0 unspecified atom stereocenters. The number of alkyl halides is 2. The zero-order valence-electron chi connectivity index (χ0n) is 18.7. The van der Waals surface area contributed by atoms with Crippen LogP contribution in [-0.2, 0) is 24.2 Å². The smallest absolute Gasteiger partial charge is 0.260 e. The van der Waals surface area contributed by atoms with Crippen LogP contribution in [0.3, 0.4) is 0 Å². The van der Waals surface area contributed by atoms with Gasteiger partial charge in [0.05, 0.1) is 25.8 Å². The lowest BCUT2D eigenvalue weighted by molar-refractivity contribution is -0.120. The van der Waals surface area contributed by atoms with Crippen LogP contribution in [0, 0.1) is 0 Å². The first-order valence-electron chi connectivity index (χ1n) is 11.1. The van der Waals surface area contributed by atoms with E-state index >= 15 is 0 Å². The summed E-state index contributed by atoms with van der Waals surface area (Å²) in [6, 6.07) is 14.1. The summed E-state index contributed by atoms with van der Waals surface area (Å²) < 4.78 is 34.2. The maximum atomic E-state index is 13.9. The molecule has 3 aromatic rings. The number of carbonyl (C=O) groups is 1. The Hall–Kier alpha value is -3.42. The van der Waals surface area contributed by atoms with Crippen molar-refractivity contribution in [2.75, 3.05) is 12.4 Å². The standard InChI is InChI=1S/C25H28F2N4O2/c1-3-16-4-8-18(9-5-16)21-13-22(24(26)27)31-25(30-21)19(15-29-31)12-23(32)28-14-17-6-10-20(33-2)11-7-17/h4-11,15,21-22,24,30H,3,12-14H2,1-2H3,(H,28,32)/t21-,22+/m1/s1. The number of amides is 1. The lowest BCUT2D eigenvalue weighted by Gasteiger charge is -2.33. The molecule has 2 aromatic carbocycles. The molecule has 0 radical (unpaired) electrons. The van der Waals surface area contributed by atoms with Crippen molar-refractivity contribution in [1.82, 2.24) is 15.1 Å². The van der Waals surface area contributed by atoms with Gasteiger partial charge in [-0.25, -0.2) is 13.5 Å². The maximum Gasteiger partial charge on any atom is 0.260 e. The predicted molar refractivity (Wildman–Crippen MR) is 123 cm³/mol. The molecule has 6 nitrogen and oxygen atoms in total. The van der Waals surface area contributed by atoms with E-state index in [0.29, 0.717) is 17.9 Å². The summed E-state index contributed by atoms with van der Waals surface area (Å²) in [4.78, 5) is 12.6. The third-order valence-corrected chi connectivity index (χ3v) is 6.05. The molecule has 4 rings (SSSR count). The van der Waals surface area contributed by atoms with Gasteiger partial charge < -0.3 is 15.4 Å². The van der Waals surface area contributed by atoms with Gasteiger partial charge in [-0.3, -0.25) is 4.79 Å². The van der Waals surface area contributed by atoms with Gasteiger partial charge in [0.15, 0.2) is 0 Å². The van der Waals surface area contributed by atoms with E-state index in [2.05, 4.69) is 22.7 Å². The number of hydrogen-bond donors (Lipinski definition) is 2. The number of aromatic nitrogens is 2. The van der Waals surface area contributed by atoms with E-state index in [1.807, 2.05) is 48.5 Å². The highest BCUT2D eigenvalue weighted by atomic mass is 19.3. The number of halogens is 2. The summed E-state index contributed by atoms with van der Waals surface area (Å²) in [6.45, 7) is 2.44. The fraction of sp³-hybridized carbons (Fsp3) is 0.360. The Labute approximate surface area is 192 Å². The highest BCUT2D eigenvalue weighted by Gasteiger charge is 2.35. The molecular formula is C25H28F2N4O2. The second-order valence-electron chi connectivity index (χ2n) is 8.19. The van der Waals surface area contributed by atoms with Crippen LogP contribution in [0.25, 0.3) is 0 Å². The number of nitrogens with zero attached hydrogens (tertiary/aromatic N) is 2. The zero-order chi connectivity index (χ0) is 23.4. The molecule has 0 saturated heterocycles. The zero-order valence-corrected chi connectivity index (χ0v) is 18.7. The second kappa shape index (κ2) is 10.0. The number of hydrogen-bond acceptors (Lipinski definition) is 4. The van der Waals surface area contributed by atoms with Crippen LogP contribution in [0.2, 0.25) is 0 Å². The van der Waals surface area contributed by atoms with E-state index in [1.54, 1.807) is 7.11 Å². The number of rotatable bonds is 8. The topological polar surface area (TPSA) is 68.2 Å². The number of fused-ring (bicyclic) bond motifs is 1. The molecule has 0 bridgehead atoms. The Morgan fingerprint density at radius 2 is 1.88 bits per heavy atom. The summed E-state index contributed by atoms with van der Waals surface area (Å²) in [7, 11) is 1.60. The van der Waals surface area contributed by atoms with Crippen molar-refractivity contribution in [3.63, 3.8) is 0 Å². The highest BCUT2D eigenvalue weighted by Crippen LogP contribution is 2.39. The summed E-state index contributed by atoms with van der Waals surface area (Å²) in [5.74, 6) is 1.03. The number of ether oxygens (including phenoxy) is 1. The molecule has 1 aliphatic heterocycles. The fourth-order valence-corrected chi connectivity index (χ4v) is 4.10. The van der Waals surface area contributed by atoms with E-state index in [9.17, 15) is 13.6 Å². The number of anilines is 1. The number of nitrogens with one attached hydrogen (secondary N) is 2. The van der Waals surface area contributed by atoms with Crippen molar-refractivity contribution in [2.24, 2.45) is 0 Å². The van der Waals surface area contributed by atoms with Gasteiger partial charge >= 0.3 is 0 Å². The van der Waals surface area contributed by atoms with Crippen molar-refractivity contribution in [3.05, 3.63) is 77.0 Å². The van der Waals surface area contributed by atoms with E-state index in [1.165, 1.54) is 16.4 Å². The van der Waals surface area contributed by atoms with Crippen LogP contribution in [0.4, 0.5) is 14.6 Å². The van der Waals surface area contributed by atoms with Crippen LogP contribution in [0.5, 0.6) is 5.75 Å². The molecule has 33 heavy (non-hydrogen) atoms. The summed E-state index contributed by atoms with van der Waals surface area (Å²) in [5, 5.41) is 10.4. The number of aryl methyl sites for hydroxylation is 1. The maximum absolute atomic E-state index is 13.9. The van der Waals surface area contributed by atoms with Crippen molar-refractivity contribution >= 4 is 11.7 Å².